The van der Waals surface area contributed by atoms with Crippen molar-refractivity contribution in [3.63, 3.8) is 0 Å². The van der Waals surface area contributed by atoms with Crippen molar-refractivity contribution in [1.82, 2.24) is 14.5 Å². The second-order valence-corrected chi connectivity index (χ2v) is 22.3. The number of phenols is 1. The molecule has 0 bridgehead atoms. The molecule has 77 heavy (non-hydrogen) atoms. The molecule has 1 aliphatic rings. The van der Waals surface area contributed by atoms with Gasteiger partial charge in [0.2, 0.25) is 0 Å². The Bertz CT molecular complexity index is 4000. The van der Waals surface area contributed by atoms with Crippen molar-refractivity contribution >= 4 is 11.0 Å². The summed E-state index contributed by atoms with van der Waals surface area (Å²) in [5.41, 5.74) is 18.6. The fraction of sp³-hybridized carbons (Fsp3) is 0.178. The molecule has 1 N–H and O–H groups in total. The van der Waals surface area contributed by atoms with Crippen LogP contribution >= 0.6 is 0 Å². The Kier molecular flexibility index (Phi) is 12.5. The first-order valence-electron chi connectivity index (χ1n) is 28.2. The predicted octanol–water partition coefficient (Wildman–Crippen LogP) is 19.2. The lowest BCUT2D eigenvalue weighted by Gasteiger charge is -2.26. The van der Waals surface area contributed by atoms with Gasteiger partial charge in [0.1, 0.15) is 11.6 Å². The summed E-state index contributed by atoms with van der Waals surface area (Å²) in [6.07, 6.45) is 4.24. The summed E-state index contributed by atoms with van der Waals surface area (Å²) in [4.78, 5) is 10.7. The van der Waals surface area contributed by atoms with Gasteiger partial charge in [0.05, 0.1) is 28.0 Å². The fourth-order valence-corrected chi connectivity index (χ4v) is 11.5. The maximum atomic E-state index is 12.9. The van der Waals surface area contributed by atoms with Crippen molar-refractivity contribution in [1.29, 1.82) is 0 Å². The number of para-hydroxylation sites is 2. The van der Waals surface area contributed by atoms with Crippen molar-refractivity contribution in [3.8, 4) is 89.7 Å². The zero-order valence-electron chi connectivity index (χ0n) is 46.6. The number of aromatic nitrogens is 3. The molecule has 9 aromatic carbocycles. The first-order valence-corrected chi connectivity index (χ1v) is 27.2. The molecule has 11 aromatic rings. The molecular formula is C73H65N3O. The Morgan fingerprint density at radius 3 is 1.79 bits per heavy atom. The van der Waals surface area contributed by atoms with Gasteiger partial charge in [-0.2, -0.15) is 0 Å². The van der Waals surface area contributed by atoms with E-state index in [0.717, 1.165) is 109 Å². The van der Waals surface area contributed by atoms with Crippen LogP contribution in [0.3, 0.4) is 0 Å². The number of rotatable bonds is 12. The van der Waals surface area contributed by atoms with Crippen LogP contribution in [0.5, 0.6) is 5.75 Å². The van der Waals surface area contributed by atoms with E-state index >= 15 is 0 Å². The molecule has 4 nitrogen and oxygen atoms in total. The monoisotopic (exact) mass is 1000 g/mol. The Morgan fingerprint density at radius 2 is 1.08 bits per heavy atom. The highest BCUT2D eigenvalue weighted by Crippen LogP contribution is 2.46. The average molecular weight is 1000 g/mol. The van der Waals surface area contributed by atoms with E-state index in [2.05, 4.69) is 191 Å². The van der Waals surface area contributed by atoms with Crippen LogP contribution in [0, 0.1) is 5.92 Å². The summed E-state index contributed by atoms with van der Waals surface area (Å²) in [6.45, 7) is 11.3. The number of benzene rings is 9. The molecule has 378 valence electrons. The Labute approximate surface area is 457 Å². The second kappa shape index (κ2) is 20.5. The molecule has 1 fully saturated rings. The van der Waals surface area contributed by atoms with Crippen LogP contribution < -0.4 is 0 Å². The maximum Gasteiger partial charge on any atom is 0.149 e. The highest BCUT2D eigenvalue weighted by atomic mass is 16.3. The molecule has 0 spiro atoms. The van der Waals surface area contributed by atoms with Crippen LogP contribution in [0.15, 0.2) is 231 Å². The molecule has 4 heteroatoms. The summed E-state index contributed by atoms with van der Waals surface area (Å²) < 4.78 is 21.3. The van der Waals surface area contributed by atoms with Gasteiger partial charge in [0.15, 0.2) is 0 Å². The average Bonchev–Trinajstić information content (AvgIpc) is 4.41. The third kappa shape index (κ3) is 9.70. The van der Waals surface area contributed by atoms with Gasteiger partial charge in [-0.3, -0.25) is 9.55 Å². The molecule has 1 aliphatic carbocycles. The number of fused-ring (bicyclic) bond motifs is 1. The number of nitrogens with zero attached hydrogens (tertiary/aromatic N) is 3. The van der Waals surface area contributed by atoms with Crippen molar-refractivity contribution < 1.29 is 7.85 Å². The highest BCUT2D eigenvalue weighted by Gasteiger charge is 2.27. The second-order valence-electron chi connectivity index (χ2n) is 22.3. The van der Waals surface area contributed by atoms with Gasteiger partial charge in [-0.1, -0.05) is 236 Å². The lowest BCUT2D eigenvalue weighted by atomic mass is 9.78. The molecule has 0 amide bonds. The van der Waals surface area contributed by atoms with Crippen molar-refractivity contribution in [2.75, 3.05) is 0 Å². The molecule has 2 aromatic heterocycles. The van der Waals surface area contributed by atoms with Crippen LogP contribution in [0.4, 0.5) is 0 Å². The Morgan fingerprint density at radius 1 is 0.481 bits per heavy atom. The van der Waals surface area contributed by atoms with Gasteiger partial charge in [0, 0.05) is 36.6 Å². The lowest BCUT2D eigenvalue weighted by Crippen LogP contribution is -2.18. The van der Waals surface area contributed by atoms with E-state index in [1.165, 1.54) is 11.1 Å². The van der Waals surface area contributed by atoms with E-state index in [9.17, 15) is 7.85 Å². The van der Waals surface area contributed by atoms with E-state index in [-0.39, 0.29) is 22.5 Å². The van der Waals surface area contributed by atoms with Crippen LogP contribution in [0.2, 0.25) is 0 Å². The standard InChI is InChI=1S/C73H65N3O/c1-72(2,3)59-46-55(45-56(47-59)66-48-54(41-42-74-66)51-36-38-58(39-37-51)73(4,5)57-27-13-8-14-28-57)61-31-20-34-68-69(61)75-71(64-33-19-32-63(70(64)77)62-30-18-17-29-60(62)52-23-9-6-10-24-52)76(68)67-40-35-50(43-49-21-15-16-22-49)44-65(67)53-25-11-7-12-26-53/h6-14,17-20,23-42,44-49,77H,15-16,21-22,43H2,1-5H3/i43D2. The van der Waals surface area contributed by atoms with Crippen LogP contribution in [0.25, 0.3) is 95.0 Å². The van der Waals surface area contributed by atoms with Crippen LogP contribution in [0.1, 0.15) is 85.3 Å². The van der Waals surface area contributed by atoms with E-state index in [0.29, 0.717) is 22.5 Å². The molecule has 0 saturated heterocycles. The first-order chi connectivity index (χ1) is 38.2. The van der Waals surface area contributed by atoms with Gasteiger partial charge >= 0.3 is 0 Å². The lowest BCUT2D eigenvalue weighted by molar-refractivity contribution is 0.479. The Balaban J connectivity index is 1.05. The number of hydrogen-bond acceptors (Lipinski definition) is 3. The third-order valence-corrected chi connectivity index (χ3v) is 15.9. The number of hydrogen-bond donors (Lipinski definition) is 1. The summed E-state index contributed by atoms with van der Waals surface area (Å²) in [6, 6.07) is 78.0. The zero-order chi connectivity index (χ0) is 54.5. The number of pyridine rings is 1. The van der Waals surface area contributed by atoms with Crippen molar-refractivity contribution in [3.05, 3.63) is 253 Å². The summed E-state index contributed by atoms with van der Waals surface area (Å²) >= 11 is 0. The Hall–Kier alpha value is -8.60. The SMILES string of the molecule is [2H]C([2H])(c1ccc(-n2c(-c3cccc(-c4ccccc4-c4ccccc4)c3O)nc3c(-c4cc(-c5cc(-c6ccc(C(C)(C)c7ccccc7)cc6)ccn5)cc(C(C)(C)C)c4)cccc32)c(-c2ccccc2)c1)C1CCCC1. The third-order valence-electron chi connectivity index (χ3n) is 15.9. The van der Waals surface area contributed by atoms with Crippen LogP contribution in [-0.2, 0) is 17.2 Å². The van der Waals surface area contributed by atoms with E-state index < -0.39 is 6.37 Å². The summed E-state index contributed by atoms with van der Waals surface area (Å²) in [7, 11) is 0. The minimum Gasteiger partial charge on any atom is -0.507 e. The number of imidazole rings is 1. The van der Waals surface area contributed by atoms with E-state index in [1.807, 2.05) is 79.0 Å². The zero-order valence-corrected chi connectivity index (χ0v) is 44.6. The van der Waals surface area contributed by atoms with Crippen LogP contribution in [-0.4, -0.2) is 19.6 Å². The first kappa shape index (κ1) is 46.9. The van der Waals surface area contributed by atoms with Gasteiger partial charge in [-0.15, -0.1) is 0 Å². The van der Waals surface area contributed by atoms with Gasteiger partial charge in [-0.05, 0) is 127 Å². The minimum atomic E-state index is -1.52. The van der Waals surface area contributed by atoms with E-state index in [4.69, 9.17) is 9.97 Å². The number of phenolic OH excluding ortho intramolecular Hbond substituents is 1. The van der Waals surface area contributed by atoms with E-state index in [1.54, 1.807) is 0 Å². The summed E-state index contributed by atoms with van der Waals surface area (Å²) in [5, 5.41) is 12.9. The van der Waals surface area contributed by atoms with Gasteiger partial charge in [-0.25, -0.2) is 4.98 Å². The quantitative estimate of drug-likeness (QED) is 0.133. The molecule has 0 atom stereocenters. The molecule has 0 unspecified atom stereocenters. The maximum absolute atomic E-state index is 12.9. The van der Waals surface area contributed by atoms with Gasteiger partial charge < -0.3 is 5.11 Å². The smallest absolute Gasteiger partial charge is 0.149 e. The largest absolute Gasteiger partial charge is 0.507 e. The topological polar surface area (TPSA) is 50.9 Å². The van der Waals surface area contributed by atoms with Gasteiger partial charge in [0.25, 0.3) is 0 Å². The predicted molar refractivity (Wildman–Crippen MR) is 322 cm³/mol. The normalized spacial score (nSPS) is 13.7. The highest BCUT2D eigenvalue weighted by molar-refractivity contribution is 5.99. The van der Waals surface area contributed by atoms with Crippen molar-refractivity contribution in [2.45, 2.75) is 77.5 Å². The molecule has 12 rings (SSSR count). The minimum absolute atomic E-state index is 0.0524. The molecule has 2 heterocycles. The van der Waals surface area contributed by atoms with Crippen molar-refractivity contribution in [2.24, 2.45) is 5.92 Å². The molecule has 1 saturated carbocycles. The summed E-state index contributed by atoms with van der Waals surface area (Å²) in [5.74, 6) is 0.641. The molecule has 0 radical (unpaired) electrons. The fourth-order valence-electron chi connectivity index (χ4n) is 11.5. The molecule has 0 aliphatic heterocycles. The number of aromatic hydroxyl groups is 1. The molecular weight excluding hydrogens is 935 g/mol.